The second kappa shape index (κ2) is 6.55. The minimum Gasteiger partial charge on any atom is -0.396 e. The number of rotatable bonds is 5. The lowest BCUT2D eigenvalue weighted by Crippen LogP contribution is -2.16. The summed E-state index contributed by atoms with van der Waals surface area (Å²) in [5.41, 5.74) is 3.21. The van der Waals surface area contributed by atoms with E-state index in [1.165, 1.54) is 0 Å². The molecule has 2 N–H and O–H groups in total. The average molecular weight is 249 g/mol. The summed E-state index contributed by atoms with van der Waals surface area (Å²) in [7, 11) is 0. The molecule has 0 aromatic heterocycles. The molecule has 1 rings (SSSR count). The van der Waals surface area contributed by atoms with E-state index in [0.29, 0.717) is 11.8 Å². The van der Waals surface area contributed by atoms with Crippen molar-refractivity contribution in [2.45, 2.75) is 46.0 Å². The van der Waals surface area contributed by atoms with Crippen molar-refractivity contribution in [2.24, 2.45) is 0 Å². The van der Waals surface area contributed by atoms with Gasteiger partial charge in [-0.2, -0.15) is 0 Å². The monoisotopic (exact) mass is 249 g/mol. The summed E-state index contributed by atoms with van der Waals surface area (Å²) in [5.74, 6) is 0.578. The molecule has 0 saturated carbocycles. The lowest BCUT2D eigenvalue weighted by Gasteiger charge is -2.20. The molecule has 0 bridgehead atoms. The number of benzene rings is 1. The zero-order valence-electron chi connectivity index (χ0n) is 11.7. The number of amides is 1. The smallest absolute Gasteiger partial charge is 0.226 e. The standard InChI is InChI=1S/C15H23NO2/c1-10(2)12-6-5-7-13(11(3)4)15(12)16-14(18)8-9-17/h5-7,10-11,17H,8-9H2,1-4H3,(H,16,18). The van der Waals surface area contributed by atoms with Crippen LogP contribution in [0.3, 0.4) is 0 Å². The maximum atomic E-state index is 11.7. The number of para-hydroxylation sites is 1. The molecule has 1 aromatic rings. The first kappa shape index (κ1) is 14.7. The van der Waals surface area contributed by atoms with Crippen LogP contribution in [0.5, 0.6) is 0 Å². The van der Waals surface area contributed by atoms with Gasteiger partial charge >= 0.3 is 0 Å². The molecule has 0 unspecified atom stereocenters. The molecule has 0 aliphatic carbocycles. The van der Waals surface area contributed by atoms with Crippen molar-refractivity contribution in [1.82, 2.24) is 0 Å². The van der Waals surface area contributed by atoms with Crippen molar-refractivity contribution in [2.75, 3.05) is 11.9 Å². The van der Waals surface area contributed by atoms with Gasteiger partial charge in [0.15, 0.2) is 0 Å². The van der Waals surface area contributed by atoms with Crippen LogP contribution in [0.25, 0.3) is 0 Å². The van der Waals surface area contributed by atoms with Crippen LogP contribution >= 0.6 is 0 Å². The highest BCUT2D eigenvalue weighted by Crippen LogP contribution is 2.32. The molecule has 0 aliphatic heterocycles. The Morgan fingerprint density at radius 2 is 1.67 bits per heavy atom. The molecule has 1 amide bonds. The Kier molecular flexibility index (Phi) is 5.35. The normalized spacial score (nSPS) is 11.1. The number of nitrogens with one attached hydrogen (secondary N) is 1. The second-order valence-electron chi connectivity index (χ2n) is 5.14. The fourth-order valence-electron chi connectivity index (χ4n) is 2.00. The van der Waals surface area contributed by atoms with Crippen molar-refractivity contribution in [1.29, 1.82) is 0 Å². The lowest BCUT2D eigenvalue weighted by atomic mass is 9.92. The van der Waals surface area contributed by atoms with Crippen LogP contribution in [0.2, 0.25) is 0 Å². The highest BCUT2D eigenvalue weighted by atomic mass is 16.3. The average Bonchev–Trinajstić information content (AvgIpc) is 2.28. The van der Waals surface area contributed by atoms with E-state index in [-0.39, 0.29) is 18.9 Å². The maximum Gasteiger partial charge on any atom is 0.226 e. The van der Waals surface area contributed by atoms with Gasteiger partial charge in [0, 0.05) is 5.69 Å². The Bertz CT molecular complexity index is 385. The van der Waals surface area contributed by atoms with Crippen LogP contribution in [-0.2, 0) is 4.79 Å². The zero-order chi connectivity index (χ0) is 13.7. The van der Waals surface area contributed by atoms with E-state index < -0.39 is 0 Å². The van der Waals surface area contributed by atoms with E-state index in [2.05, 4.69) is 33.0 Å². The minimum absolute atomic E-state index is 0.118. The number of hydrogen-bond donors (Lipinski definition) is 2. The summed E-state index contributed by atoms with van der Waals surface area (Å²) < 4.78 is 0. The summed E-state index contributed by atoms with van der Waals surface area (Å²) in [6.45, 7) is 8.33. The molecular formula is C15H23NO2. The van der Waals surface area contributed by atoms with Crippen LogP contribution in [0.4, 0.5) is 5.69 Å². The van der Waals surface area contributed by atoms with Gasteiger partial charge in [-0.1, -0.05) is 45.9 Å². The van der Waals surface area contributed by atoms with Gasteiger partial charge in [0.25, 0.3) is 0 Å². The Balaban J connectivity index is 3.14. The molecule has 0 aliphatic rings. The number of aliphatic hydroxyl groups excluding tert-OH is 1. The highest BCUT2D eigenvalue weighted by Gasteiger charge is 2.15. The highest BCUT2D eigenvalue weighted by molar-refractivity contribution is 5.92. The first-order valence-electron chi connectivity index (χ1n) is 6.50. The number of hydrogen-bond acceptors (Lipinski definition) is 2. The molecule has 0 fully saturated rings. The van der Waals surface area contributed by atoms with E-state index in [0.717, 1.165) is 16.8 Å². The van der Waals surface area contributed by atoms with Gasteiger partial charge in [0.05, 0.1) is 13.0 Å². The molecule has 18 heavy (non-hydrogen) atoms. The van der Waals surface area contributed by atoms with Gasteiger partial charge in [-0.15, -0.1) is 0 Å². The molecule has 0 radical (unpaired) electrons. The topological polar surface area (TPSA) is 49.3 Å². The first-order chi connectivity index (χ1) is 8.47. The molecule has 0 saturated heterocycles. The van der Waals surface area contributed by atoms with E-state index in [9.17, 15) is 4.79 Å². The Morgan fingerprint density at radius 1 is 1.17 bits per heavy atom. The van der Waals surface area contributed by atoms with E-state index >= 15 is 0 Å². The third kappa shape index (κ3) is 3.57. The summed E-state index contributed by atoms with van der Waals surface area (Å²) >= 11 is 0. The fourth-order valence-corrected chi connectivity index (χ4v) is 2.00. The van der Waals surface area contributed by atoms with Gasteiger partial charge in [-0.05, 0) is 23.0 Å². The molecule has 0 atom stereocenters. The number of carbonyl (C=O) groups excluding carboxylic acids is 1. The summed E-state index contributed by atoms with van der Waals surface area (Å²) in [4.78, 5) is 11.7. The predicted molar refractivity (Wildman–Crippen MR) is 75.0 cm³/mol. The van der Waals surface area contributed by atoms with E-state index in [4.69, 9.17) is 5.11 Å². The largest absolute Gasteiger partial charge is 0.396 e. The summed E-state index contributed by atoms with van der Waals surface area (Å²) in [5, 5.41) is 11.8. The molecule has 0 spiro atoms. The van der Waals surface area contributed by atoms with Crippen LogP contribution in [0, 0.1) is 0 Å². The Hall–Kier alpha value is -1.35. The summed E-state index contributed by atoms with van der Waals surface area (Å²) in [6.07, 6.45) is 0.143. The Morgan fingerprint density at radius 3 is 2.06 bits per heavy atom. The zero-order valence-corrected chi connectivity index (χ0v) is 11.7. The van der Waals surface area contributed by atoms with Gasteiger partial charge in [0.1, 0.15) is 0 Å². The SMILES string of the molecule is CC(C)c1cccc(C(C)C)c1NC(=O)CCO. The Labute approximate surface area is 109 Å². The maximum absolute atomic E-state index is 11.7. The quantitative estimate of drug-likeness (QED) is 0.841. The van der Waals surface area contributed by atoms with Gasteiger partial charge in [0.2, 0.25) is 5.91 Å². The predicted octanol–water partition coefficient (Wildman–Crippen LogP) is 3.25. The van der Waals surface area contributed by atoms with Crippen LogP contribution in [0.1, 0.15) is 57.1 Å². The lowest BCUT2D eigenvalue weighted by molar-refractivity contribution is -0.116. The third-order valence-electron chi connectivity index (χ3n) is 2.98. The van der Waals surface area contributed by atoms with Crippen LogP contribution in [-0.4, -0.2) is 17.6 Å². The second-order valence-corrected chi connectivity index (χ2v) is 5.14. The van der Waals surface area contributed by atoms with E-state index in [1.54, 1.807) is 0 Å². The van der Waals surface area contributed by atoms with Crippen molar-refractivity contribution in [3.05, 3.63) is 29.3 Å². The van der Waals surface area contributed by atoms with Gasteiger partial charge in [-0.25, -0.2) is 0 Å². The van der Waals surface area contributed by atoms with Crippen LogP contribution < -0.4 is 5.32 Å². The number of anilines is 1. The molecule has 0 heterocycles. The molecule has 100 valence electrons. The van der Waals surface area contributed by atoms with E-state index in [1.807, 2.05) is 18.2 Å². The fraction of sp³-hybridized carbons (Fsp3) is 0.533. The number of aliphatic hydroxyl groups is 1. The van der Waals surface area contributed by atoms with Crippen molar-refractivity contribution >= 4 is 11.6 Å². The van der Waals surface area contributed by atoms with Crippen molar-refractivity contribution in [3.63, 3.8) is 0 Å². The molecular weight excluding hydrogens is 226 g/mol. The molecule has 3 heteroatoms. The summed E-state index contributed by atoms with van der Waals surface area (Å²) in [6, 6.07) is 6.13. The molecule has 3 nitrogen and oxygen atoms in total. The van der Waals surface area contributed by atoms with Crippen molar-refractivity contribution in [3.8, 4) is 0 Å². The number of carbonyl (C=O) groups is 1. The molecule has 1 aromatic carbocycles. The van der Waals surface area contributed by atoms with Crippen LogP contribution in [0.15, 0.2) is 18.2 Å². The minimum atomic E-state index is -0.132. The van der Waals surface area contributed by atoms with Gasteiger partial charge in [-0.3, -0.25) is 4.79 Å². The van der Waals surface area contributed by atoms with Gasteiger partial charge < -0.3 is 10.4 Å². The third-order valence-corrected chi connectivity index (χ3v) is 2.98. The van der Waals surface area contributed by atoms with Crippen molar-refractivity contribution < 1.29 is 9.90 Å². The first-order valence-corrected chi connectivity index (χ1v) is 6.50.